The van der Waals surface area contributed by atoms with Gasteiger partial charge in [-0.25, -0.2) is 4.68 Å². The summed E-state index contributed by atoms with van der Waals surface area (Å²) in [5.74, 6) is 0.883. The van der Waals surface area contributed by atoms with Crippen LogP contribution >= 0.6 is 35.3 Å². The second-order valence-corrected chi connectivity index (χ2v) is 8.09. The lowest BCUT2D eigenvalue weighted by molar-refractivity contribution is 0.101. The largest absolute Gasteiger partial charge is 0.496 e. The number of aromatic nitrogens is 2. The van der Waals surface area contributed by atoms with Crippen molar-refractivity contribution in [2.45, 2.75) is 11.3 Å². The van der Waals surface area contributed by atoms with Gasteiger partial charge in [0.2, 0.25) is 0 Å². The van der Waals surface area contributed by atoms with E-state index in [1.54, 1.807) is 23.9 Å². The smallest absolute Gasteiger partial charge is 0.184 e. The number of hydrogen-bond donors (Lipinski definition) is 0. The van der Waals surface area contributed by atoms with Gasteiger partial charge in [-0.2, -0.15) is 0 Å². The van der Waals surface area contributed by atoms with E-state index in [-0.39, 0.29) is 11.5 Å². The van der Waals surface area contributed by atoms with Gasteiger partial charge in [-0.15, -0.1) is 5.10 Å². The number of ether oxygens (including phenoxy) is 1. The minimum absolute atomic E-state index is 0.00556. The Morgan fingerprint density at radius 1 is 1.24 bits per heavy atom. The molecule has 0 N–H and O–H groups in total. The third-order valence-electron chi connectivity index (χ3n) is 3.61. The second-order valence-electron chi connectivity index (χ2n) is 5.24. The predicted octanol–water partition coefficient (Wildman–Crippen LogP) is 4.96. The molecule has 0 spiro atoms. The number of methoxy groups -OCH3 is 1. The molecule has 0 saturated carbocycles. The Hall–Kier alpha value is -1.96. The Morgan fingerprint density at radius 2 is 1.96 bits per heavy atom. The molecule has 0 aliphatic heterocycles. The Morgan fingerprint density at radius 3 is 2.72 bits per heavy atom. The molecule has 25 heavy (non-hydrogen) atoms. The molecule has 0 atom stereocenters. The van der Waals surface area contributed by atoms with Crippen LogP contribution in [-0.2, 0) is 0 Å². The minimum Gasteiger partial charge on any atom is -0.496 e. The number of nitrogens with zero attached hydrogens (tertiary/aromatic N) is 2. The van der Waals surface area contributed by atoms with Crippen molar-refractivity contribution in [1.82, 2.24) is 9.78 Å². The predicted molar refractivity (Wildman–Crippen MR) is 105 cm³/mol. The lowest BCUT2D eigenvalue weighted by atomic mass is 10.1. The third-order valence-corrected chi connectivity index (χ3v) is 5.97. The number of thioether (sulfide) groups is 1. The lowest BCUT2D eigenvalue weighted by Gasteiger charge is -2.06. The van der Waals surface area contributed by atoms with Gasteiger partial charge in [-0.3, -0.25) is 4.79 Å². The van der Waals surface area contributed by atoms with E-state index in [2.05, 4.69) is 5.10 Å². The van der Waals surface area contributed by atoms with Crippen LogP contribution in [0.1, 0.15) is 15.9 Å². The first-order chi connectivity index (χ1) is 12.1. The highest BCUT2D eigenvalue weighted by atomic mass is 32.2. The highest BCUT2D eigenvalue weighted by Crippen LogP contribution is 2.27. The van der Waals surface area contributed by atoms with Gasteiger partial charge in [0.15, 0.2) is 14.1 Å². The summed E-state index contributed by atoms with van der Waals surface area (Å²) in [6.45, 7) is 2.02. The first-order valence-corrected chi connectivity index (χ1v) is 9.76. The van der Waals surface area contributed by atoms with Crippen LogP contribution in [0.25, 0.3) is 5.69 Å². The number of carbonyl (C=O) groups is 1. The molecule has 4 nitrogen and oxygen atoms in total. The second kappa shape index (κ2) is 7.95. The fourth-order valence-electron chi connectivity index (χ4n) is 2.35. The maximum Gasteiger partial charge on any atom is 0.184 e. The molecule has 1 aromatic heterocycles. The first kappa shape index (κ1) is 17.8. The molecule has 0 radical (unpaired) electrons. The van der Waals surface area contributed by atoms with Crippen LogP contribution in [0.2, 0.25) is 0 Å². The molecular formula is C18H16N2O2S3. The van der Waals surface area contributed by atoms with Crippen molar-refractivity contribution in [2.75, 3.05) is 12.9 Å². The molecule has 7 heteroatoms. The van der Waals surface area contributed by atoms with Crippen LogP contribution in [0.3, 0.4) is 0 Å². The first-order valence-electron chi connectivity index (χ1n) is 7.55. The van der Waals surface area contributed by atoms with Crippen LogP contribution in [0.15, 0.2) is 52.9 Å². The number of ketones is 1. The van der Waals surface area contributed by atoms with Gasteiger partial charge >= 0.3 is 0 Å². The number of aryl methyl sites for hydroxylation is 1. The highest BCUT2D eigenvalue weighted by Gasteiger charge is 2.14. The fraction of sp³-hybridized carbons (Fsp3) is 0.167. The van der Waals surface area contributed by atoms with E-state index in [9.17, 15) is 4.79 Å². The van der Waals surface area contributed by atoms with Gasteiger partial charge in [-0.05, 0) is 42.9 Å². The summed E-state index contributed by atoms with van der Waals surface area (Å²) in [6, 6.07) is 15.2. The zero-order chi connectivity index (χ0) is 17.8. The molecule has 0 bridgehead atoms. The van der Waals surface area contributed by atoms with Gasteiger partial charge in [0.1, 0.15) is 5.75 Å². The van der Waals surface area contributed by atoms with Gasteiger partial charge in [0.25, 0.3) is 0 Å². The maximum absolute atomic E-state index is 12.5. The van der Waals surface area contributed by atoms with E-state index in [0.717, 1.165) is 15.6 Å². The van der Waals surface area contributed by atoms with Crippen molar-refractivity contribution in [3.8, 4) is 11.4 Å². The molecule has 3 aromatic rings. The summed E-state index contributed by atoms with van der Waals surface area (Å²) in [6.07, 6.45) is 0. The Kier molecular flexibility index (Phi) is 5.67. The van der Waals surface area contributed by atoms with E-state index in [0.29, 0.717) is 15.3 Å². The van der Waals surface area contributed by atoms with Crippen LogP contribution < -0.4 is 4.74 Å². The van der Waals surface area contributed by atoms with Crippen molar-refractivity contribution in [1.29, 1.82) is 0 Å². The quantitative estimate of drug-likeness (QED) is 0.339. The van der Waals surface area contributed by atoms with Gasteiger partial charge < -0.3 is 4.74 Å². The molecule has 2 aromatic carbocycles. The van der Waals surface area contributed by atoms with Crippen LogP contribution in [-0.4, -0.2) is 28.4 Å². The van der Waals surface area contributed by atoms with E-state index in [1.165, 1.54) is 23.1 Å². The van der Waals surface area contributed by atoms with Crippen molar-refractivity contribution in [3.05, 3.63) is 63.6 Å². The third kappa shape index (κ3) is 4.00. The standard InChI is InChI=1S/C18H16N2O2S3/c1-12-7-3-5-9-14(12)20-18(23)25-17(19-20)24-11-15(21)13-8-4-6-10-16(13)22-2/h3-10H,11H2,1-2H3. The molecule has 128 valence electrons. The summed E-state index contributed by atoms with van der Waals surface area (Å²) >= 11 is 8.23. The van der Waals surface area contributed by atoms with E-state index >= 15 is 0 Å². The van der Waals surface area contributed by atoms with E-state index < -0.39 is 0 Å². The average molecular weight is 389 g/mol. The molecule has 3 rings (SSSR count). The SMILES string of the molecule is COc1ccccc1C(=O)CSc1nn(-c2ccccc2C)c(=S)s1. The molecule has 0 aliphatic rings. The molecule has 0 saturated heterocycles. The molecule has 0 fully saturated rings. The van der Waals surface area contributed by atoms with Crippen molar-refractivity contribution in [2.24, 2.45) is 0 Å². The topological polar surface area (TPSA) is 44.1 Å². The van der Waals surface area contributed by atoms with Crippen molar-refractivity contribution >= 4 is 41.1 Å². The zero-order valence-corrected chi connectivity index (χ0v) is 16.2. The van der Waals surface area contributed by atoms with Gasteiger partial charge in [0.05, 0.1) is 24.1 Å². The number of carbonyl (C=O) groups excluding carboxylic acids is 1. The summed E-state index contributed by atoms with van der Waals surface area (Å²) < 4.78 is 8.45. The summed E-state index contributed by atoms with van der Waals surface area (Å²) in [5.41, 5.74) is 2.65. The van der Waals surface area contributed by atoms with E-state index in [4.69, 9.17) is 17.0 Å². The number of rotatable bonds is 6. The zero-order valence-electron chi connectivity index (χ0n) is 13.8. The van der Waals surface area contributed by atoms with Crippen LogP contribution in [0.4, 0.5) is 0 Å². The molecule has 0 unspecified atom stereocenters. The van der Waals surface area contributed by atoms with Crippen molar-refractivity contribution in [3.63, 3.8) is 0 Å². The van der Waals surface area contributed by atoms with Crippen molar-refractivity contribution < 1.29 is 9.53 Å². The monoisotopic (exact) mass is 388 g/mol. The minimum atomic E-state index is 0.00556. The van der Waals surface area contributed by atoms with E-state index in [1.807, 2.05) is 43.3 Å². The summed E-state index contributed by atoms with van der Waals surface area (Å²) in [7, 11) is 1.56. The average Bonchev–Trinajstić information content (AvgIpc) is 3.00. The van der Waals surface area contributed by atoms with Gasteiger partial charge in [0, 0.05) is 0 Å². The Labute approximate surface area is 159 Å². The molecule has 0 amide bonds. The van der Waals surface area contributed by atoms with Gasteiger partial charge in [-0.1, -0.05) is 53.4 Å². The highest BCUT2D eigenvalue weighted by molar-refractivity contribution is 8.01. The molecule has 0 aliphatic carbocycles. The number of para-hydroxylation sites is 2. The Balaban J connectivity index is 1.77. The number of hydrogen-bond acceptors (Lipinski definition) is 6. The lowest BCUT2D eigenvalue weighted by Crippen LogP contribution is -2.05. The normalized spacial score (nSPS) is 10.6. The fourth-order valence-corrected chi connectivity index (χ4v) is 4.58. The number of benzene rings is 2. The molecular weight excluding hydrogens is 372 g/mol. The molecule has 1 heterocycles. The summed E-state index contributed by atoms with van der Waals surface area (Å²) in [5, 5.41) is 4.56. The maximum atomic E-state index is 12.5. The van der Waals surface area contributed by atoms with Crippen LogP contribution in [0, 0.1) is 10.9 Å². The Bertz CT molecular complexity index is 963. The summed E-state index contributed by atoms with van der Waals surface area (Å²) in [4.78, 5) is 12.5. The van der Waals surface area contributed by atoms with Crippen LogP contribution in [0.5, 0.6) is 5.75 Å². The number of Topliss-reactive ketones (excluding diaryl/α,β-unsaturated/α-hetero) is 1.